The molecule has 0 aromatic heterocycles. The quantitative estimate of drug-likeness (QED) is 0.773. The fourth-order valence-corrected chi connectivity index (χ4v) is 3.24. The van der Waals surface area contributed by atoms with Crippen LogP contribution >= 0.6 is 0 Å². The average Bonchev–Trinajstić information content (AvgIpc) is 3.07. The highest BCUT2D eigenvalue weighted by atomic mass is 16.2. The van der Waals surface area contributed by atoms with Crippen LogP contribution in [-0.4, -0.2) is 54.3 Å². The van der Waals surface area contributed by atoms with Crippen molar-refractivity contribution in [3.8, 4) is 0 Å². The fourth-order valence-electron chi connectivity index (χ4n) is 3.24. The summed E-state index contributed by atoms with van der Waals surface area (Å²) in [5.41, 5.74) is 1.25. The molecule has 1 aliphatic rings. The Balaban J connectivity index is 2.07. The molecule has 1 atom stereocenters. The van der Waals surface area contributed by atoms with E-state index in [1.165, 1.54) is 6.92 Å². The molecule has 1 fully saturated rings. The molecule has 1 heterocycles. The second kappa shape index (κ2) is 9.37. The van der Waals surface area contributed by atoms with E-state index < -0.39 is 0 Å². The summed E-state index contributed by atoms with van der Waals surface area (Å²) >= 11 is 0. The van der Waals surface area contributed by atoms with E-state index in [1.807, 2.05) is 35.2 Å². The highest BCUT2D eigenvalue weighted by Crippen LogP contribution is 2.20. The molecule has 25 heavy (non-hydrogen) atoms. The van der Waals surface area contributed by atoms with Crippen LogP contribution in [-0.2, 0) is 9.59 Å². The van der Waals surface area contributed by atoms with Gasteiger partial charge in [0.25, 0.3) is 5.91 Å². The molecular weight excluding hydrogens is 314 g/mol. The van der Waals surface area contributed by atoms with Crippen LogP contribution in [0, 0.1) is 5.92 Å². The number of hydrogen-bond donors (Lipinski definition) is 1. The van der Waals surface area contributed by atoms with Gasteiger partial charge in [-0.25, -0.2) is 0 Å². The van der Waals surface area contributed by atoms with Crippen LogP contribution in [0.4, 0.5) is 0 Å². The summed E-state index contributed by atoms with van der Waals surface area (Å²) in [5.74, 6) is 0.176. The molecule has 2 rings (SSSR count). The van der Waals surface area contributed by atoms with Crippen LogP contribution in [0.1, 0.15) is 32.8 Å². The minimum Gasteiger partial charge on any atom is -0.337 e. The summed E-state index contributed by atoms with van der Waals surface area (Å²) in [6, 6.07) is 9.59. The molecule has 1 unspecified atom stereocenters. The predicted molar refractivity (Wildman–Crippen MR) is 101 cm³/mol. The van der Waals surface area contributed by atoms with Crippen molar-refractivity contribution in [3.05, 3.63) is 41.6 Å². The van der Waals surface area contributed by atoms with E-state index in [2.05, 4.69) is 24.1 Å². The van der Waals surface area contributed by atoms with Crippen molar-refractivity contribution >= 4 is 17.9 Å². The lowest BCUT2D eigenvalue weighted by Crippen LogP contribution is -2.37. The number of hydrogen-bond acceptors (Lipinski definition) is 3. The number of nitrogens with one attached hydrogen (secondary N) is 1. The van der Waals surface area contributed by atoms with Crippen LogP contribution < -0.4 is 5.32 Å². The van der Waals surface area contributed by atoms with Gasteiger partial charge in [-0.05, 0) is 37.1 Å². The second-order valence-corrected chi connectivity index (χ2v) is 6.54. The molecule has 0 aliphatic carbocycles. The highest BCUT2D eigenvalue weighted by Gasteiger charge is 2.29. The first kappa shape index (κ1) is 19.2. The molecule has 0 spiro atoms. The third kappa shape index (κ3) is 5.71. The Morgan fingerprint density at radius 3 is 2.52 bits per heavy atom. The minimum absolute atomic E-state index is 0.0962. The van der Waals surface area contributed by atoms with Gasteiger partial charge in [-0.3, -0.25) is 9.59 Å². The average molecular weight is 343 g/mol. The number of rotatable bonds is 7. The van der Waals surface area contributed by atoms with E-state index in [0.29, 0.717) is 11.6 Å². The Morgan fingerprint density at radius 1 is 1.24 bits per heavy atom. The Morgan fingerprint density at radius 2 is 1.92 bits per heavy atom. The zero-order valence-electron chi connectivity index (χ0n) is 15.5. The van der Waals surface area contributed by atoms with Crippen molar-refractivity contribution in [1.82, 2.24) is 15.1 Å². The lowest BCUT2D eigenvalue weighted by molar-refractivity contribution is -0.128. The van der Waals surface area contributed by atoms with Crippen molar-refractivity contribution < 1.29 is 9.59 Å². The predicted octanol–water partition coefficient (Wildman–Crippen LogP) is 2.35. The van der Waals surface area contributed by atoms with Crippen LogP contribution in [0.25, 0.3) is 6.08 Å². The lowest BCUT2D eigenvalue weighted by atomic mass is 10.1. The zero-order chi connectivity index (χ0) is 18.2. The summed E-state index contributed by atoms with van der Waals surface area (Å²) < 4.78 is 0. The first-order valence-electron chi connectivity index (χ1n) is 9.09. The summed E-state index contributed by atoms with van der Waals surface area (Å²) in [4.78, 5) is 28.7. The lowest BCUT2D eigenvalue weighted by Gasteiger charge is -2.23. The van der Waals surface area contributed by atoms with Crippen molar-refractivity contribution in [2.45, 2.75) is 27.2 Å². The maximum Gasteiger partial charge on any atom is 0.270 e. The molecule has 0 saturated carbocycles. The van der Waals surface area contributed by atoms with Gasteiger partial charge in [-0.2, -0.15) is 0 Å². The van der Waals surface area contributed by atoms with Crippen LogP contribution in [0.5, 0.6) is 0 Å². The number of carbonyl (C=O) groups excluding carboxylic acids is 2. The SMILES string of the molecule is CCN(CC)CC1CCN(C(=O)C(=Cc2ccccc2)NC(C)=O)C1. The first-order valence-corrected chi connectivity index (χ1v) is 9.09. The molecule has 0 bridgehead atoms. The molecule has 1 aromatic carbocycles. The van der Waals surface area contributed by atoms with Gasteiger partial charge in [0.2, 0.25) is 5.91 Å². The summed E-state index contributed by atoms with van der Waals surface area (Å²) in [5, 5.41) is 2.70. The van der Waals surface area contributed by atoms with Gasteiger partial charge < -0.3 is 15.1 Å². The Labute approximate surface area is 150 Å². The first-order chi connectivity index (χ1) is 12.0. The van der Waals surface area contributed by atoms with Crippen LogP contribution in [0.2, 0.25) is 0 Å². The third-order valence-electron chi connectivity index (χ3n) is 4.64. The highest BCUT2D eigenvalue weighted by molar-refractivity contribution is 6.01. The maximum absolute atomic E-state index is 12.9. The van der Waals surface area contributed by atoms with Crippen molar-refractivity contribution in [2.75, 3.05) is 32.7 Å². The van der Waals surface area contributed by atoms with Crippen molar-refractivity contribution in [2.24, 2.45) is 5.92 Å². The van der Waals surface area contributed by atoms with Gasteiger partial charge in [0.15, 0.2) is 0 Å². The van der Waals surface area contributed by atoms with Gasteiger partial charge in [-0.15, -0.1) is 0 Å². The standard InChI is InChI=1S/C20H29N3O2/c1-4-22(5-2)14-18-11-12-23(15-18)20(25)19(21-16(3)24)13-17-9-7-6-8-10-17/h6-10,13,18H,4-5,11-12,14-15H2,1-3H3,(H,21,24). The number of carbonyl (C=O) groups is 2. The Bertz CT molecular complexity index is 609. The van der Waals surface area contributed by atoms with Crippen LogP contribution in [0.15, 0.2) is 36.0 Å². The molecule has 1 N–H and O–H groups in total. The van der Waals surface area contributed by atoms with Crippen molar-refractivity contribution in [1.29, 1.82) is 0 Å². The topological polar surface area (TPSA) is 52.6 Å². The third-order valence-corrected chi connectivity index (χ3v) is 4.64. The van der Waals surface area contributed by atoms with E-state index in [-0.39, 0.29) is 11.8 Å². The van der Waals surface area contributed by atoms with Gasteiger partial charge in [0, 0.05) is 26.6 Å². The molecule has 1 aliphatic heterocycles. The normalized spacial score (nSPS) is 17.8. The van der Waals surface area contributed by atoms with E-state index >= 15 is 0 Å². The number of benzene rings is 1. The van der Waals surface area contributed by atoms with Gasteiger partial charge in [0.05, 0.1) is 0 Å². The molecule has 5 heteroatoms. The van der Waals surface area contributed by atoms with E-state index in [9.17, 15) is 9.59 Å². The molecule has 0 radical (unpaired) electrons. The monoisotopic (exact) mass is 343 g/mol. The minimum atomic E-state index is -0.227. The summed E-state index contributed by atoms with van der Waals surface area (Å²) in [6.45, 7) is 10.3. The van der Waals surface area contributed by atoms with Crippen LogP contribution in [0.3, 0.4) is 0 Å². The molecular formula is C20H29N3O2. The smallest absolute Gasteiger partial charge is 0.270 e. The Hall–Kier alpha value is -2.14. The van der Waals surface area contributed by atoms with Gasteiger partial charge in [-0.1, -0.05) is 44.2 Å². The molecule has 5 nitrogen and oxygen atoms in total. The number of amides is 2. The molecule has 1 aromatic rings. The fraction of sp³-hybridized carbons (Fsp3) is 0.500. The van der Waals surface area contributed by atoms with Gasteiger partial charge >= 0.3 is 0 Å². The van der Waals surface area contributed by atoms with Crippen molar-refractivity contribution in [3.63, 3.8) is 0 Å². The van der Waals surface area contributed by atoms with E-state index in [4.69, 9.17) is 0 Å². The number of likely N-dealkylation sites (tertiary alicyclic amines) is 1. The van der Waals surface area contributed by atoms with E-state index in [1.54, 1.807) is 6.08 Å². The maximum atomic E-state index is 12.9. The zero-order valence-corrected chi connectivity index (χ0v) is 15.5. The second-order valence-electron chi connectivity index (χ2n) is 6.54. The Kier molecular flexibility index (Phi) is 7.19. The molecule has 136 valence electrons. The largest absolute Gasteiger partial charge is 0.337 e. The molecule has 2 amide bonds. The van der Waals surface area contributed by atoms with Gasteiger partial charge in [0.1, 0.15) is 5.70 Å². The molecule has 1 saturated heterocycles. The van der Waals surface area contributed by atoms with E-state index in [0.717, 1.165) is 44.7 Å². The summed E-state index contributed by atoms with van der Waals surface area (Å²) in [6.07, 6.45) is 2.77. The summed E-state index contributed by atoms with van der Waals surface area (Å²) in [7, 11) is 0. The number of nitrogens with zero attached hydrogens (tertiary/aromatic N) is 2.